The van der Waals surface area contributed by atoms with E-state index in [0.29, 0.717) is 0 Å². The van der Waals surface area contributed by atoms with Crippen LogP contribution in [0.3, 0.4) is 0 Å². The molecule has 3 fully saturated rings. The highest BCUT2D eigenvalue weighted by Gasteiger charge is 2.50. The Hall–Kier alpha value is 0. The van der Waals surface area contributed by atoms with Gasteiger partial charge in [0.05, 0.1) is 0 Å². The fourth-order valence-electron chi connectivity index (χ4n) is 4.87. The van der Waals surface area contributed by atoms with E-state index in [4.69, 9.17) is 0 Å². The summed E-state index contributed by atoms with van der Waals surface area (Å²) in [4.78, 5) is 0. The van der Waals surface area contributed by atoms with Crippen LogP contribution < -0.4 is 0 Å². The highest BCUT2D eigenvalue weighted by molar-refractivity contribution is 4.99. The Balaban J connectivity index is 1.83. The molecule has 0 heterocycles. The molecule has 0 aromatic carbocycles. The van der Waals surface area contributed by atoms with E-state index in [2.05, 4.69) is 13.8 Å². The first-order valence-corrected chi connectivity index (χ1v) is 6.24. The van der Waals surface area contributed by atoms with E-state index in [1.807, 2.05) is 0 Å². The normalized spacial score (nSPS) is 59.5. The summed E-state index contributed by atoms with van der Waals surface area (Å²) >= 11 is 0. The van der Waals surface area contributed by atoms with Crippen molar-refractivity contribution in [3.8, 4) is 0 Å². The topological polar surface area (TPSA) is 0 Å². The molecule has 0 saturated heterocycles. The summed E-state index contributed by atoms with van der Waals surface area (Å²) in [5, 5.41) is 0. The van der Waals surface area contributed by atoms with Gasteiger partial charge in [-0.15, -0.1) is 0 Å². The van der Waals surface area contributed by atoms with Crippen molar-refractivity contribution in [2.45, 2.75) is 46.0 Å². The van der Waals surface area contributed by atoms with Crippen LogP contribution in [0, 0.1) is 35.5 Å². The Kier molecular flexibility index (Phi) is 1.76. The summed E-state index contributed by atoms with van der Waals surface area (Å²) in [5.41, 5.74) is 0. The largest absolute Gasteiger partial charge is 0.0625 e. The second-order valence-electron chi connectivity index (χ2n) is 6.24. The minimum absolute atomic E-state index is 1.05. The average Bonchev–Trinajstić information content (AvgIpc) is 2.54. The van der Waals surface area contributed by atoms with Gasteiger partial charge in [-0.25, -0.2) is 0 Å². The van der Waals surface area contributed by atoms with Crippen LogP contribution in [-0.4, -0.2) is 0 Å². The summed E-state index contributed by atoms with van der Waals surface area (Å²) in [5.74, 6) is 6.70. The predicted octanol–water partition coefficient (Wildman–Crippen LogP) is 3.71. The molecule has 3 saturated carbocycles. The molecule has 0 radical (unpaired) electrons. The zero-order valence-corrected chi connectivity index (χ0v) is 9.00. The van der Waals surface area contributed by atoms with E-state index in [0.717, 1.165) is 35.5 Å². The molecule has 4 atom stereocenters. The van der Waals surface area contributed by atoms with E-state index in [-0.39, 0.29) is 0 Å². The Morgan fingerprint density at radius 1 is 0.615 bits per heavy atom. The number of hydrogen-bond acceptors (Lipinski definition) is 0. The van der Waals surface area contributed by atoms with Crippen molar-refractivity contribution >= 4 is 0 Å². The first kappa shape index (κ1) is 8.32. The highest BCUT2D eigenvalue weighted by atomic mass is 14.5. The van der Waals surface area contributed by atoms with Crippen LogP contribution in [0.1, 0.15) is 46.0 Å². The Morgan fingerprint density at radius 3 is 1.62 bits per heavy atom. The van der Waals surface area contributed by atoms with E-state index in [9.17, 15) is 0 Å². The summed E-state index contributed by atoms with van der Waals surface area (Å²) in [6.07, 6.45) is 7.86. The first-order valence-electron chi connectivity index (χ1n) is 6.24. The van der Waals surface area contributed by atoms with Crippen molar-refractivity contribution in [1.29, 1.82) is 0 Å². The highest BCUT2D eigenvalue weighted by Crippen LogP contribution is 2.59. The molecule has 0 aromatic rings. The van der Waals surface area contributed by atoms with Crippen molar-refractivity contribution in [3.63, 3.8) is 0 Å². The van der Waals surface area contributed by atoms with Crippen molar-refractivity contribution in [2.75, 3.05) is 0 Å². The lowest BCUT2D eigenvalue weighted by molar-refractivity contribution is 0.236. The Morgan fingerprint density at radius 2 is 1.08 bits per heavy atom. The first-order chi connectivity index (χ1) is 6.24. The monoisotopic (exact) mass is 178 g/mol. The molecule has 0 heteroatoms. The molecule has 74 valence electrons. The zero-order chi connectivity index (χ0) is 9.00. The van der Waals surface area contributed by atoms with Crippen LogP contribution in [0.5, 0.6) is 0 Å². The third-order valence-electron chi connectivity index (χ3n) is 5.13. The van der Waals surface area contributed by atoms with Gasteiger partial charge in [-0.05, 0) is 67.6 Å². The van der Waals surface area contributed by atoms with Gasteiger partial charge in [-0.3, -0.25) is 0 Å². The third-order valence-corrected chi connectivity index (χ3v) is 5.13. The van der Waals surface area contributed by atoms with Crippen LogP contribution in [0.2, 0.25) is 0 Å². The summed E-state index contributed by atoms with van der Waals surface area (Å²) in [6, 6.07) is 0. The van der Waals surface area contributed by atoms with Crippen molar-refractivity contribution in [1.82, 2.24) is 0 Å². The van der Waals surface area contributed by atoms with Gasteiger partial charge in [0.25, 0.3) is 0 Å². The van der Waals surface area contributed by atoms with Gasteiger partial charge in [0.1, 0.15) is 0 Å². The lowest BCUT2D eigenvalue weighted by Crippen LogP contribution is -2.16. The molecule has 0 aliphatic heterocycles. The van der Waals surface area contributed by atoms with Crippen LogP contribution in [0.15, 0.2) is 0 Å². The zero-order valence-electron chi connectivity index (χ0n) is 9.00. The van der Waals surface area contributed by atoms with Crippen molar-refractivity contribution in [3.05, 3.63) is 0 Å². The molecule has 0 spiro atoms. The van der Waals surface area contributed by atoms with Gasteiger partial charge in [-0.2, -0.15) is 0 Å². The van der Waals surface area contributed by atoms with E-state index in [1.165, 1.54) is 0 Å². The minimum atomic E-state index is 1.05. The third kappa shape index (κ3) is 1.17. The second kappa shape index (κ2) is 2.74. The van der Waals surface area contributed by atoms with Crippen LogP contribution >= 0.6 is 0 Å². The SMILES string of the molecule is CC1CC2CC(C1)C1CC(C)CC21. The van der Waals surface area contributed by atoms with E-state index in [1.54, 1.807) is 32.1 Å². The lowest BCUT2D eigenvalue weighted by atomic mass is 9.78. The fraction of sp³-hybridized carbons (Fsp3) is 1.00. The van der Waals surface area contributed by atoms with Crippen molar-refractivity contribution < 1.29 is 0 Å². The van der Waals surface area contributed by atoms with Crippen LogP contribution in [0.25, 0.3) is 0 Å². The summed E-state index contributed by atoms with van der Waals surface area (Å²) < 4.78 is 0. The van der Waals surface area contributed by atoms with Gasteiger partial charge in [0, 0.05) is 0 Å². The molecule has 2 bridgehead atoms. The molecular formula is C13H22. The number of rotatable bonds is 0. The predicted molar refractivity (Wildman–Crippen MR) is 55.4 cm³/mol. The molecule has 0 aromatic heterocycles. The maximum atomic E-state index is 2.48. The molecule has 3 aliphatic rings. The van der Waals surface area contributed by atoms with Gasteiger partial charge in [0.15, 0.2) is 0 Å². The van der Waals surface area contributed by atoms with Gasteiger partial charge in [0.2, 0.25) is 0 Å². The standard InChI is InChI=1S/C13H22/c1-8-3-10-7-11(4-8)13-6-9(2)5-12(10)13/h8-13H,3-7H2,1-2H3. The van der Waals surface area contributed by atoms with Crippen LogP contribution in [-0.2, 0) is 0 Å². The Bertz CT molecular complexity index is 184. The smallest absolute Gasteiger partial charge is 0.0352 e. The van der Waals surface area contributed by atoms with Gasteiger partial charge >= 0.3 is 0 Å². The fourth-order valence-corrected chi connectivity index (χ4v) is 4.87. The lowest BCUT2D eigenvalue weighted by Gasteiger charge is -2.27. The second-order valence-corrected chi connectivity index (χ2v) is 6.24. The summed E-state index contributed by atoms with van der Waals surface area (Å²) in [6.45, 7) is 4.95. The number of hydrogen-bond donors (Lipinski definition) is 0. The molecule has 0 amide bonds. The molecule has 13 heavy (non-hydrogen) atoms. The van der Waals surface area contributed by atoms with E-state index >= 15 is 0 Å². The molecule has 0 N–H and O–H groups in total. The van der Waals surface area contributed by atoms with E-state index < -0.39 is 0 Å². The average molecular weight is 178 g/mol. The van der Waals surface area contributed by atoms with Gasteiger partial charge < -0.3 is 0 Å². The number of fused-ring (bicyclic) bond motifs is 5. The van der Waals surface area contributed by atoms with Crippen molar-refractivity contribution in [2.24, 2.45) is 35.5 Å². The van der Waals surface area contributed by atoms with Crippen LogP contribution in [0.4, 0.5) is 0 Å². The summed E-state index contributed by atoms with van der Waals surface area (Å²) in [7, 11) is 0. The Labute approximate surface area is 82.1 Å². The maximum Gasteiger partial charge on any atom is -0.0352 e. The van der Waals surface area contributed by atoms with Gasteiger partial charge in [-0.1, -0.05) is 13.8 Å². The quantitative estimate of drug-likeness (QED) is 0.530. The molecule has 0 nitrogen and oxygen atoms in total. The molecule has 4 unspecified atom stereocenters. The molecule has 3 rings (SSSR count). The maximum absolute atomic E-state index is 2.48. The minimum Gasteiger partial charge on any atom is -0.0625 e. The molecule has 3 aliphatic carbocycles. The molecular weight excluding hydrogens is 156 g/mol.